The molecule has 0 radical (unpaired) electrons. The zero-order valence-electron chi connectivity index (χ0n) is 28.9. The van der Waals surface area contributed by atoms with Crippen LogP contribution in [0.4, 0.5) is 0 Å². The Hall–Kier alpha value is -6.96. The molecule has 246 valence electrons. The predicted molar refractivity (Wildman–Crippen MR) is 225 cm³/mol. The van der Waals surface area contributed by atoms with E-state index in [1.807, 2.05) is 0 Å². The van der Waals surface area contributed by atoms with Crippen molar-refractivity contribution in [3.8, 4) is 44.5 Å². The first-order valence-electron chi connectivity index (χ1n) is 18.2. The van der Waals surface area contributed by atoms with E-state index in [2.05, 4.69) is 194 Å². The van der Waals surface area contributed by atoms with Crippen molar-refractivity contribution in [3.05, 3.63) is 194 Å². The molecule has 0 amide bonds. The topological polar surface area (TPSA) is 13.1 Å². The van der Waals surface area contributed by atoms with Gasteiger partial charge >= 0.3 is 0 Å². The highest BCUT2D eigenvalue weighted by Crippen LogP contribution is 2.37. The lowest BCUT2D eigenvalue weighted by Gasteiger charge is -2.08. The summed E-state index contributed by atoms with van der Waals surface area (Å²) in [6.45, 7) is 0. The van der Waals surface area contributed by atoms with Gasteiger partial charge in [-0.05, 0) is 148 Å². The summed E-state index contributed by atoms with van der Waals surface area (Å²) in [5.41, 5.74) is 11.4. The van der Waals surface area contributed by atoms with Crippen molar-refractivity contribution in [1.82, 2.24) is 0 Å². The Bertz CT molecular complexity index is 3020. The molecule has 0 saturated carbocycles. The summed E-state index contributed by atoms with van der Waals surface area (Å²) in [4.78, 5) is 0. The lowest BCUT2D eigenvalue weighted by Crippen LogP contribution is -1.83. The van der Waals surface area contributed by atoms with Crippen LogP contribution in [-0.2, 0) is 0 Å². The van der Waals surface area contributed by atoms with Crippen LogP contribution >= 0.6 is 0 Å². The van der Waals surface area contributed by atoms with E-state index < -0.39 is 0 Å². The monoisotopic (exact) mass is 672 g/mol. The van der Waals surface area contributed by atoms with Crippen molar-refractivity contribution in [2.24, 2.45) is 0 Å². The molecule has 1 nitrogen and oxygen atoms in total. The second-order valence-corrected chi connectivity index (χ2v) is 14.2. The largest absolute Gasteiger partial charge is 0.456 e. The van der Waals surface area contributed by atoms with Gasteiger partial charge in [-0.2, -0.15) is 0 Å². The molecule has 0 aliphatic heterocycles. The lowest BCUT2D eigenvalue weighted by atomic mass is 9.96. The van der Waals surface area contributed by atoms with Crippen LogP contribution in [0.2, 0.25) is 0 Å². The first-order chi connectivity index (χ1) is 26.2. The predicted octanol–water partition coefficient (Wildman–Crippen LogP) is 14.9. The average Bonchev–Trinajstić information content (AvgIpc) is 3.60. The van der Waals surface area contributed by atoms with Crippen LogP contribution in [0.25, 0.3) is 110 Å². The molecule has 0 aliphatic carbocycles. The molecule has 0 saturated heterocycles. The molecule has 0 unspecified atom stereocenters. The zero-order valence-corrected chi connectivity index (χ0v) is 28.9. The molecule has 11 aromatic rings. The van der Waals surface area contributed by atoms with Crippen LogP contribution in [0.15, 0.2) is 199 Å². The molecule has 1 heterocycles. The van der Waals surface area contributed by atoms with E-state index in [0.717, 1.165) is 33.1 Å². The molecule has 0 N–H and O–H groups in total. The van der Waals surface area contributed by atoms with Gasteiger partial charge in [-0.1, -0.05) is 133 Å². The number of hydrogen-bond donors (Lipinski definition) is 0. The first-order valence-corrected chi connectivity index (χ1v) is 18.2. The second-order valence-electron chi connectivity index (χ2n) is 14.2. The van der Waals surface area contributed by atoms with Crippen molar-refractivity contribution in [1.29, 1.82) is 0 Å². The molecule has 1 aromatic heterocycles. The Kier molecular flexibility index (Phi) is 6.62. The summed E-state index contributed by atoms with van der Waals surface area (Å²) >= 11 is 0. The molecule has 0 bridgehead atoms. The third-order valence-electron chi connectivity index (χ3n) is 11.0. The minimum atomic E-state index is 0.904. The van der Waals surface area contributed by atoms with E-state index >= 15 is 0 Å². The summed E-state index contributed by atoms with van der Waals surface area (Å²) in [6.07, 6.45) is 0. The van der Waals surface area contributed by atoms with Crippen LogP contribution in [0, 0.1) is 0 Å². The van der Waals surface area contributed by atoms with Crippen LogP contribution in [0.3, 0.4) is 0 Å². The SMILES string of the molecule is c1ccc2cc(-c3ccc4cc(-c5ccc6c(c5)oc5cc(-c7ccc8cc(-c9ccc%10ccccc%10c9)ccc8c7)ccc56)ccc4c3)ccc2c1. The second kappa shape index (κ2) is 11.8. The highest BCUT2D eigenvalue weighted by atomic mass is 16.3. The van der Waals surface area contributed by atoms with Crippen LogP contribution in [0.1, 0.15) is 0 Å². The molecule has 0 fully saturated rings. The first kappa shape index (κ1) is 29.7. The van der Waals surface area contributed by atoms with Gasteiger partial charge in [0.1, 0.15) is 11.2 Å². The minimum absolute atomic E-state index is 0.904. The van der Waals surface area contributed by atoms with E-state index in [1.54, 1.807) is 0 Å². The van der Waals surface area contributed by atoms with Gasteiger partial charge in [-0.15, -0.1) is 0 Å². The van der Waals surface area contributed by atoms with E-state index in [4.69, 9.17) is 4.42 Å². The van der Waals surface area contributed by atoms with Crippen molar-refractivity contribution >= 4 is 65.0 Å². The highest BCUT2D eigenvalue weighted by molar-refractivity contribution is 6.07. The highest BCUT2D eigenvalue weighted by Gasteiger charge is 2.12. The van der Waals surface area contributed by atoms with Crippen molar-refractivity contribution in [2.75, 3.05) is 0 Å². The van der Waals surface area contributed by atoms with Gasteiger partial charge in [-0.25, -0.2) is 0 Å². The molecule has 0 spiro atoms. The molecular weight excluding hydrogens is 641 g/mol. The number of furan rings is 1. The van der Waals surface area contributed by atoms with Gasteiger partial charge in [0, 0.05) is 10.8 Å². The summed E-state index contributed by atoms with van der Waals surface area (Å²) in [7, 11) is 0. The average molecular weight is 673 g/mol. The maximum absolute atomic E-state index is 6.54. The summed E-state index contributed by atoms with van der Waals surface area (Å²) in [5, 5.41) is 12.2. The third kappa shape index (κ3) is 5.17. The Labute approximate surface area is 307 Å². The lowest BCUT2D eigenvalue weighted by molar-refractivity contribution is 0.669. The number of hydrogen-bond acceptors (Lipinski definition) is 1. The van der Waals surface area contributed by atoms with E-state index in [0.29, 0.717) is 0 Å². The maximum Gasteiger partial charge on any atom is 0.136 e. The molecule has 1 heteroatoms. The zero-order chi connectivity index (χ0) is 34.9. The molecule has 11 rings (SSSR count). The normalized spacial score (nSPS) is 11.8. The quantitative estimate of drug-likeness (QED) is 0.181. The Balaban J connectivity index is 0.888. The van der Waals surface area contributed by atoms with Crippen LogP contribution in [0.5, 0.6) is 0 Å². The van der Waals surface area contributed by atoms with Gasteiger partial charge in [0.2, 0.25) is 0 Å². The molecule has 10 aromatic carbocycles. The van der Waals surface area contributed by atoms with Crippen molar-refractivity contribution in [3.63, 3.8) is 0 Å². The van der Waals surface area contributed by atoms with Gasteiger partial charge in [0.05, 0.1) is 0 Å². The molecule has 0 atom stereocenters. The van der Waals surface area contributed by atoms with Gasteiger partial charge < -0.3 is 4.42 Å². The fourth-order valence-electron chi connectivity index (χ4n) is 8.08. The van der Waals surface area contributed by atoms with E-state index in [-0.39, 0.29) is 0 Å². The number of fused-ring (bicyclic) bond motifs is 7. The Morgan fingerprint density at radius 1 is 0.208 bits per heavy atom. The Morgan fingerprint density at radius 2 is 0.453 bits per heavy atom. The van der Waals surface area contributed by atoms with Crippen LogP contribution in [-0.4, -0.2) is 0 Å². The van der Waals surface area contributed by atoms with Crippen molar-refractivity contribution < 1.29 is 4.42 Å². The van der Waals surface area contributed by atoms with E-state index in [1.165, 1.54) is 76.5 Å². The number of rotatable bonds is 4. The Morgan fingerprint density at radius 3 is 0.792 bits per heavy atom. The standard InChI is InChI=1S/C52H32O/c1-3-7-35-25-37(11-9-33(35)5-1)39-13-15-43-29-45(19-17-41(43)27-39)47-21-23-49-50-24-22-48(32-52(50)53-51(49)31-47)46-20-18-42-28-40(14-16-44(42)30-46)38-12-10-34-6-2-4-8-36(34)26-38/h1-32H. The fraction of sp³-hybridized carbons (Fsp3) is 0. The number of benzene rings is 10. The van der Waals surface area contributed by atoms with Gasteiger partial charge in [0.25, 0.3) is 0 Å². The molecule has 53 heavy (non-hydrogen) atoms. The maximum atomic E-state index is 6.54. The van der Waals surface area contributed by atoms with E-state index in [9.17, 15) is 0 Å². The molecular formula is C52H32O. The van der Waals surface area contributed by atoms with Crippen LogP contribution < -0.4 is 0 Å². The fourth-order valence-corrected chi connectivity index (χ4v) is 8.08. The van der Waals surface area contributed by atoms with Crippen molar-refractivity contribution in [2.45, 2.75) is 0 Å². The summed E-state index contributed by atoms with van der Waals surface area (Å²) in [5.74, 6) is 0. The van der Waals surface area contributed by atoms with Gasteiger partial charge in [-0.3, -0.25) is 0 Å². The minimum Gasteiger partial charge on any atom is -0.456 e. The smallest absolute Gasteiger partial charge is 0.136 e. The molecule has 0 aliphatic rings. The van der Waals surface area contributed by atoms with Gasteiger partial charge in [0.15, 0.2) is 0 Å². The third-order valence-corrected chi connectivity index (χ3v) is 11.0. The summed E-state index contributed by atoms with van der Waals surface area (Å²) in [6, 6.07) is 70.7. The summed E-state index contributed by atoms with van der Waals surface area (Å²) < 4.78 is 6.54.